The van der Waals surface area contributed by atoms with Crippen molar-refractivity contribution in [2.24, 2.45) is 0 Å². The first-order valence-corrected chi connectivity index (χ1v) is 18.8. The number of hydrogen-bond donors (Lipinski definition) is 0. The molecule has 0 saturated carbocycles. The molecule has 0 bridgehead atoms. The molecular formula is C52H33N3. The standard InChI is InChI=1S/C52H33N3/c1-3-17-35(18-4-1)47-33-48(54-52(53-47)50-39-23-10-8-19-36(39)32-46-38-22-9-7-16-34(38)30-31-43(46)50)41-25-12-11-24-40(41)44-27-15-28-45-42-26-13-14-29-49(42)55(51(44)45)37-20-5-2-6-21-37/h1-33H. The normalized spacial score (nSPS) is 11.6. The highest BCUT2D eigenvalue weighted by molar-refractivity contribution is 6.20. The summed E-state index contributed by atoms with van der Waals surface area (Å²) in [6.45, 7) is 0. The molecule has 2 aromatic heterocycles. The third-order valence-electron chi connectivity index (χ3n) is 11.0. The van der Waals surface area contributed by atoms with Crippen molar-refractivity contribution < 1.29 is 0 Å². The second-order valence-corrected chi connectivity index (χ2v) is 14.1. The number of benzene rings is 9. The predicted octanol–water partition coefficient (Wildman–Crippen LogP) is 13.7. The molecule has 0 radical (unpaired) electrons. The largest absolute Gasteiger partial charge is 0.309 e. The third kappa shape index (κ3) is 5.05. The number of para-hydroxylation sites is 3. The maximum absolute atomic E-state index is 5.55. The van der Waals surface area contributed by atoms with Gasteiger partial charge in [0.2, 0.25) is 0 Å². The molecule has 55 heavy (non-hydrogen) atoms. The molecule has 0 aliphatic heterocycles. The van der Waals surface area contributed by atoms with E-state index in [1.807, 2.05) is 0 Å². The van der Waals surface area contributed by atoms with Crippen molar-refractivity contribution in [3.8, 4) is 50.7 Å². The highest BCUT2D eigenvalue weighted by Crippen LogP contribution is 2.43. The lowest BCUT2D eigenvalue weighted by Crippen LogP contribution is -1.99. The Morgan fingerprint density at radius 1 is 0.345 bits per heavy atom. The van der Waals surface area contributed by atoms with Crippen LogP contribution < -0.4 is 0 Å². The summed E-state index contributed by atoms with van der Waals surface area (Å²) in [5.74, 6) is 0.708. The lowest BCUT2D eigenvalue weighted by atomic mass is 9.92. The van der Waals surface area contributed by atoms with Gasteiger partial charge in [-0.3, -0.25) is 0 Å². The second kappa shape index (κ2) is 12.6. The SMILES string of the molecule is c1ccc(-c2cc(-c3ccccc3-c3cccc4c5ccccc5n(-c5ccccc5)c34)nc(-c3c4ccccc4cc4c3ccc3ccccc34)n2)cc1. The van der Waals surface area contributed by atoms with Gasteiger partial charge in [0.05, 0.1) is 22.4 Å². The highest BCUT2D eigenvalue weighted by Gasteiger charge is 2.21. The van der Waals surface area contributed by atoms with Crippen LogP contribution in [0.3, 0.4) is 0 Å². The minimum absolute atomic E-state index is 0.708. The molecular weight excluding hydrogens is 667 g/mol. The van der Waals surface area contributed by atoms with Gasteiger partial charge in [-0.05, 0) is 68.2 Å². The van der Waals surface area contributed by atoms with Gasteiger partial charge in [-0.25, -0.2) is 9.97 Å². The molecule has 2 heterocycles. The van der Waals surface area contributed by atoms with Crippen LogP contribution in [0.15, 0.2) is 200 Å². The Morgan fingerprint density at radius 3 is 1.80 bits per heavy atom. The van der Waals surface area contributed by atoms with Crippen LogP contribution in [0.2, 0.25) is 0 Å². The van der Waals surface area contributed by atoms with Crippen LogP contribution in [0.5, 0.6) is 0 Å². The van der Waals surface area contributed by atoms with E-state index in [0.29, 0.717) is 5.82 Å². The van der Waals surface area contributed by atoms with Gasteiger partial charge in [-0.1, -0.05) is 170 Å². The Bertz CT molecular complexity index is 3250. The Balaban J connectivity index is 1.22. The molecule has 11 rings (SSSR count). The highest BCUT2D eigenvalue weighted by atomic mass is 15.0. The van der Waals surface area contributed by atoms with Crippen LogP contribution >= 0.6 is 0 Å². The Hall–Kier alpha value is -7.36. The van der Waals surface area contributed by atoms with Crippen LogP contribution in [0.4, 0.5) is 0 Å². The topological polar surface area (TPSA) is 30.7 Å². The van der Waals surface area contributed by atoms with Crippen LogP contribution in [0, 0.1) is 0 Å². The molecule has 0 saturated heterocycles. The molecule has 3 nitrogen and oxygen atoms in total. The second-order valence-electron chi connectivity index (χ2n) is 14.1. The summed E-state index contributed by atoms with van der Waals surface area (Å²) in [6.07, 6.45) is 0. The summed E-state index contributed by atoms with van der Waals surface area (Å²) in [5, 5.41) is 9.51. The molecule has 0 aliphatic rings. The summed E-state index contributed by atoms with van der Waals surface area (Å²) in [6, 6.07) is 71.4. The zero-order chi connectivity index (χ0) is 36.3. The summed E-state index contributed by atoms with van der Waals surface area (Å²) in [5.41, 5.74) is 10.6. The van der Waals surface area contributed by atoms with E-state index in [2.05, 4.69) is 205 Å². The fourth-order valence-electron chi connectivity index (χ4n) is 8.54. The summed E-state index contributed by atoms with van der Waals surface area (Å²) in [7, 11) is 0. The maximum atomic E-state index is 5.55. The van der Waals surface area contributed by atoms with E-state index in [0.717, 1.165) is 61.1 Å². The Labute approximate surface area is 318 Å². The quantitative estimate of drug-likeness (QED) is 0.132. The van der Waals surface area contributed by atoms with Crippen molar-refractivity contribution >= 4 is 54.1 Å². The molecule has 0 aliphatic carbocycles. The van der Waals surface area contributed by atoms with Crippen LogP contribution in [0.1, 0.15) is 0 Å². The van der Waals surface area contributed by atoms with Gasteiger partial charge < -0.3 is 4.57 Å². The fraction of sp³-hybridized carbons (Fsp3) is 0. The number of rotatable bonds is 5. The van der Waals surface area contributed by atoms with Crippen LogP contribution in [-0.2, 0) is 0 Å². The van der Waals surface area contributed by atoms with E-state index in [1.54, 1.807) is 0 Å². The molecule has 9 aromatic carbocycles. The van der Waals surface area contributed by atoms with Crippen LogP contribution in [-0.4, -0.2) is 14.5 Å². The van der Waals surface area contributed by atoms with Gasteiger partial charge in [-0.2, -0.15) is 0 Å². The summed E-state index contributed by atoms with van der Waals surface area (Å²) >= 11 is 0. The number of hydrogen-bond acceptors (Lipinski definition) is 2. The van der Waals surface area contributed by atoms with Crippen molar-refractivity contribution in [1.82, 2.24) is 14.5 Å². The number of nitrogens with zero attached hydrogens (tertiary/aromatic N) is 3. The molecule has 11 aromatic rings. The minimum Gasteiger partial charge on any atom is -0.309 e. The predicted molar refractivity (Wildman–Crippen MR) is 231 cm³/mol. The molecule has 0 unspecified atom stereocenters. The van der Waals surface area contributed by atoms with Crippen molar-refractivity contribution in [1.29, 1.82) is 0 Å². The number of aromatic nitrogens is 3. The van der Waals surface area contributed by atoms with Crippen molar-refractivity contribution in [2.45, 2.75) is 0 Å². The lowest BCUT2D eigenvalue weighted by molar-refractivity contribution is 1.18. The molecule has 0 atom stereocenters. The van der Waals surface area contributed by atoms with Gasteiger partial charge in [-0.15, -0.1) is 0 Å². The van der Waals surface area contributed by atoms with Crippen molar-refractivity contribution in [2.75, 3.05) is 0 Å². The van der Waals surface area contributed by atoms with Gasteiger partial charge in [0.15, 0.2) is 5.82 Å². The van der Waals surface area contributed by atoms with E-state index in [1.165, 1.54) is 38.0 Å². The first-order chi connectivity index (χ1) is 27.3. The summed E-state index contributed by atoms with van der Waals surface area (Å²) < 4.78 is 2.41. The number of fused-ring (bicyclic) bond motifs is 7. The van der Waals surface area contributed by atoms with E-state index < -0.39 is 0 Å². The van der Waals surface area contributed by atoms with E-state index in [4.69, 9.17) is 9.97 Å². The smallest absolute Gasteiger partial charge is 0.161 e. The molecule has 0 N–H and O–H groups in total. The first kappa shape index (κ1) is 31.2. The molecule has 3 heteroatoms. The lowest BCUT2D eigenvalue weighted by Gasteiger charge is -2.17. The average Bonchev–Trinajstić information content (AvgIpc) is 3.61. The minimum atomic E-state index is 0.708. The molecule has 0 amide bonds. The van der Waals surface area contributed by atoms with Crippen LogP contribution in [0.25, 0.3) is 105 Å². The molecule has 0 spiro atoms. The molecule has 256 valence electrons. The Morgan fingerprint density at radius 2 is 0.964 bits per heavy atom. The summed E-state index contributed by atoms with van der Waals surface area (Å²) in [4.78, 5) is 11.0. The van der Waals surface area contributed by atoms with Gasteiger partial charge in [0, 0.05) is 38.7 Å². The monoisotopic (exact) mass is 699 g/mol. The van der Waals surface area contributed by atoms with Crippen molar-refractivity contribution in [3.05, 3.63) is 200 Å². The zero-order valence-corrected chi connectivity index (χ0v) is 29.9. The Kier molecular flexibility index (Phi) is 7.17. The average molecular weight is 700 g/mol. The van der Waals surface area contributed by atoms with E-state index in [-0.39, 0.29) is 0 Å². The first-order valence-electron chi connectivity index (χ1n) is 18.8. The zero-order valence-electron chi connectivity index (χ0n) is 29.9. The van der Waals surface area contributed by atoms with Crippen molar-refractivity contribution in [3.63, 3.8) is 0 Å². The van der Waals surface area contributed by atoms with Gasteiger partial charge in [0.1, 0.15) is 0 Å². The maximum Gasteiger partial charge on any atom is 0.161 e. The fourth-order valence-corrected chi connectivity index (χ4v) is 8.54. The van der Waals surface area contributed by atoms with Gasteiger partial charge in [0.25, 0.3) is 0 Å². The van der Waals surface area contributed by atoms with Gasteiger partial charge >= 0.3 is 0 Å². The van der Waals surface area contributed by atoms with E-state index in [9.17, 15) is 0 Å². The van der Waals surface area contributed by atoms with E-state index >= 15 is 0 Å². The molecule has 0 fully saturated rings. The third-order valence-corrected chi connectivity index (χ3v) is 11.0.